The lowest BCUT2D eigenvalue weighted by Crippen LogP contribution is -1.92. The van der Waals surface area contributed by atoms with E-state index in [1.807, 2.05) is 24.3 Å². The van der Waals surface area contributed by atoms with Crippen LogP contribution in [0.25, 0.3) is 58.4 Å². The molecule has 0 saturated carbocycles. The predicted octanol–water partition coefficient (Wildman–Crippen LogP) is 14.4. The van der Waals surface area contributed by atoms with Gasteiger partial charge in [-0.15, -0.1) is 0 Å². The second-order valence-corrected chi connectivity index (χ2v) is 14.0. The van der Waals surface area contributed by atoms with Crippen LogP contribution in [0.2, 0.25) is 0 Å². The molecule has 0 amide bonds. The maximum absolute atomic E-state index is 5.96. The summed E-state index contributed by atoms with van der Waals surface area (Å²) in [4.78, 5) is 0. The zero-order valence-electron chi connectivity index (χ0n) is 32.8. The largest absolute Gasteiger partial charge is 0.496 e. The van der Waals surface area contributed by atoms with Crippen molar-refractivity contribution < 1.29 is 9.47 Å². The molecule has 0 bridgehead atoms. The minimum Gasteiger partial charge on any atom is -0.496 e. The van der Waals surface area contributed by atoms with E-state index in [9.17, 15) is 0 Å². The molecule has 8 rings (SSSR count). The summed E-state index contributed by atoms with van der Waals surface area (Å²) < 4.78 is 11.9. The van der Waals surface area contributed by atoms with E-state index in [0.717, 1.165) is 78.3 Å². The van der Waals surface area contributed by atoms with Crippen molar-refractivity contribution in [2.24, 2.45) is 0 Å². The summed E-state index contributed by atoms with van der Waals surface area (Å²) in [6.07, 6.45) is 13.2. The van der Waals surface area contributed by atoms with Gasteiger partial charge in [0, 0.05) is 11.1 Å². The van der Waals surface area contributed by atoms with Crippen LogP contribution in [0.15, 0.2) is 194 Å². The highest BCUT2D eigenvalue weighted by Crippen LogP contribution is 2.33. The Morgan fingerprint density at radius 2 is 0.707 bits per heavy atom. The minimum absolute atomic E-state index is 0.821. The normalized spacial score (nSPS) is 11.1. The second kappa shape index (κ2) is 18.0. The van der Waals surface area contributed by atoms with Gasteiger partial charge in [0.2, 0.25) is 0 Å². The Morgan fingerprint density at radius 1 is 0.345 bits per heavy atom. The summed E-state index contributed by atoms with van der Waals surface area (Å²) in [5.74, 6) is 1.64. The third-order valence-corrected chi connectivity index (χ3v) is 10.3. The number of ether oxygens (including phenoxy) is 2. The van der Waals surface area contributed by atoms with Crippen molar-refractivity contribution in [1.82, 2.24) is 0 Å². The lowest BCUT2D eigenvalue weighted by molar-refractivity contribution is 0.413. The van der Waals surface area contributed by atoms with Crippen molar-refractivity contribution >= 4 is 58.4 Å². The van der Waals surface area contributed by atoms with Crippen LogP contribution in [0.4, 0.5) is 0 Å². The highest BCUT2D eigenvalue weighted by Gasteiger charge is 2.11. The quantitative estimate of drug-likeness (QED) is 0.116. The van der Waals surface area contributed by atoms with Crippen LogP contribution in [0.5, 0.6) is 11.5 Å². The Kier molecular flexibility index (Phi) is 11.7. The van der Waals surface area contributed by atoms with Gasteiger partial charge in [-0.1, -0.05) is 206 Å². The minimum atomic E-state index is 0.821. The monoisotopic (exact) mass is 748 g/mol. The molecule has 0 spiro atoms. The van der Waals surface area contributed by atoms with E-state index >= 15 is 0 Å². The molecular weight excluding hydrogens is 705 g/mol. The molecule has 0 aliphatic rings. The van der Waals surface area contributed by atoms with E-state index in [1.54, 1.807) is 14.2 Å². The lowest BCUT2D eigenvalue weighted by Gasteiger charge is -2.12. The molecule has 2 nitrogen and oxygen atoms in total. The zero-order chi connectivity index (χ0) is 39.5. The Bertz CT molecular complexity index is 2490. The van der Waals surface area contributed by atoms with Crippen molar-refractivity contribution in [1.29, 1.82) is 0 Å². The van der Waals surface area contributed by atoms with Crippen LogP contribution in [0.3, 0.4) is 0 Å². The Hall–Kier alpha value is -7.42. The molecule has 0 fully saturated rings. The van der Waals surface area contributed by atoms with E-state index in [1.165, 1.54) is 10.8 Å². The first-order chi connectivity index (χ1) is 28.7. The van der Waals surface area contributed by atoms with Gasteiger partial charge in [0.1, 0.15) is 11.5 Å². The van der Waals surface area contributed by atoms with Crippen LogP contribution >= 0.6 is 0 Å². The van der Waals surface area contributed by atoms with E-state index < -0.39 is 0 Å². The van der Waals surface area contributed by atoms with Crippen LogP contribution in [0.1, 0.15) is 55.6 Å². The third kappa shape index (κ3) is 8.68. The molecule has 280 valence electrons. The van der Waals surface area contributed by atoms with Crippen LogP contribution in [-0.2, 0) is 0 Å². The topological polar surface area (TPSA) is 18.5 Å². The summed E-state index contributed by atoms with van der Waals surface area (Å²) >= 11 is 0. The molecule has 0 atom stereocenters. The highest BCUT2D eigenvalue weighted by atomic mass is 16.5. The first kappa shape index (κ1) is 37.5. The number of hydrogen-bond acceptors (Lipinski definition) is 2. The van der Waals surface area contributed by atoms with Gasteiger partial charge >= 0.3 is 0 Å². The molecular formula is C56H44O2. The molecule has 0 N–H and O–H groups in total. The fourth-order valence-corrected chi connectivity index (χ4v) is 7.40. The maximum Gasteiger partial charge on any atom is 0.126 e. The summed E-state index contributed by atoms with van der Waals surface area (Å²) in [6, 6.07) is 67.7. The number of fused-ring (bicyclic) bond motifs is 1. The van der Waals surface area contributed by atoms with Gasteiger partial charge in [-0.3, -0.25) is 0 Å². The standard InChI is InChI=1S/C56H44O2/c1-57-54-37-41(31-35-50(54)39-52(43-17-7-3-8-18-43)44-19-9-4-10-20-44)29-33-48-27-15-25-47-26-16-28-49(56(47)48)34-30-42-32-36-51(55(38-42)58-2)40-53(45-21-11-5-12-22-45)46-23-13-6-14-24-46/h3-40H,1-2H3/b33-29-,34-30-. The number of benzene rings is 8. The lowest BCUT2D eigenvalue weighted by atomic mass is 9.95. The fraction of sp³-hybridized carbons (Fsp3) is 0.0357. The third-order valence-electron chi connectivity index (χ3n) is 10.3. The molecule has 0 unspecified atom stereocenters. The van der Waals surface area contributed by atoms with E-state index in [-0.39, 0.29) is 0 Å². The van der Waals surface area contributed by atoms with Crippen molar-refractivity contribution in [3.05, 3.63) is 250 Å². The second-order valence-electron chi connectivity index (χ2n) is 14.0. The summed E-state index contributed by atoms with van der Waals surface area (Å²) in [5.41, 5.74) is 13.4. The summed E-state index contributed by atoms with van der Waals surface area (Å²) in [7, 11) is 3.47. The van der Waals surface area contributed by atoms with Gasteiger partial charge in [0.05, 0.1) is 14.2 Å². The molecule has 0 saturated heterocycles. The van der Waals surface area contributed by atoms with Crippen molar-refractivity contribution in [2.45, 2.75) is 0 Å². The average molecular weight is 749 g/mol. The van der Waals surface area contributed by atoms with Gasteiger partial charge in [0.25, 0.3) is 0 Å². The summed E-state index contributed by atoms with van der Waals surface area (Å²) in [6.45, 7) is 0. The predicted molar refractivity (Wildman–Crippen MR) is 248 cm³/mol. The maximum atomic E-state index is 5.96. The van der Waals surface area contributed by atoms with Gasteiger partial charge in [-0.2, -0.15) is 0 Å². The van der Waals surface area contributed by atoms with E-state index in [0.29, 0.717) is 0 Å². The zero-order valence-corrected chi connectivity index (χ0v) is 32.8. The van der Waals surface area contributed by atoms with Gasteiger partial charge in [-0.25, -0.2) is 0 Å². The molecule has 0 radical (unpaired) electrons. The number of rotatable bonds is 12. The van der Waals surface area contributed by atoms with Crippen LogP contribution < -0.4 is 9.47 Å². The molecule has 0 aliphatic heterocycles. The Labute approximate surface area is 342 Å². The van der Waals surface area contributed by atoms with E-state index in [4.69, 9.17) is 9.47 Å². The molecule has 2 heteroatoms. The Balaban J connectivity index is 1.09. The first-order valence-electron chi connectivity index (χ1n) is 19.6. The van der Waals surface area contributed by atoms with Crippen molar-refractivity contribution in [2.75, 3.05) is 14.2 Å². The molecule has 0 aromatic heterocycles. The van der Waals surface area contributed by atoms with Crippen molar-refractivity contribution in [3.63, 3.8) is 0 Å². The van der Waals surface area contributed by atoms with Gasteiger partial charge < -0.3 is 9.47 Å². The van der Waals surface area contributed by atoms with Gasteiger partial charge in [-0.05, 0) is 90.7 Å². The van der Waals surface area contributed by atoms with Crippen LogP contribution in [-0.4, -0.2) is 14.2 Å². The smallest absolute Gasteiger partial charge is 0.126 e. The Morgan fingerprint density at radius 3 is 1.05 bits per heavy atom. The molecule has 58 heavy (non-hydrogen) atoms. The molecule has 8 aromatic carbocycles. The molecule has 0 heterocycles. The molecule has 8 aromatic rings. The van der Waals surface area contributed by atoms with Gasteiger partial charge in [0.15, 0.2) is 0 Å². The SMILES string of the molecule is COc1cc(/C=C\c2cccc3cccc(/C=C\c4ccc(C=C(c5ccccc5)c5ccccc5)c(OC)c4)c23)ccc1C=C(c1ccccc1)c1ccccc1. The first-order valence-corrected chi connectivity index (χ1v) is 19.6. The van der Waals surface area contributed by atoms with E-state index in [2.05, 4.69) is 206 Å². The number of methoxy groups -OCH3 is 2. The van der Waals surface area contributed by atoms with Crippen LogP contribution in [0, 0.1) is 0 Å². The fourth-order valence-electron chi connectivity index (χ4n) is 7.40. The summed E-state index contributed by atoms with van der Waals surface area (Å²) in [5, 5.41) is 2.38. The van der Waals surface area contributed by atoms with Crippen molar-refractivity contribution in [3.8, 4) is 11.5 Å². The highest BCUT2D eigenvalue weighted by molar-refractivity contribution is 6.00. The number of hydrogen-bond donors (Lipinski definition) is 0. The molecule has 0 aliphatic carbocycles. The average Bonchev–Trinajstić information content (AvgIpc) is 3.30.